The van der Waals surface area contributed by atoms with Crippen molar-refractivity contribution in [2.24, 2.45) is 22.7 Å². The van der Waals surface area contributed by atoms with Crippen LogP contribution in [0.15, 0.2) is 23.8 Å². The lowest BCUT2D eigenvalue weighted by Crippen LogP contribution is -2.70. The Labute approximate surface area is 202 Å². The number of aliphatic hydroxyl groups is 1. The molecule has 8 atom stereocenters. The van der Waals surface area contributed by atoms with Gasteiger partial charge >= 0.3 is 7.82 Å². The number of phosphoric acid groups is 1. The van der Waals surface area contributed by atoms with E-state index < -0.39 is 72.1 Å². The third-order valence-corrected chi connectivity index (χ3v) is 9.88. The molecule has 3 saturated carbocycles. The Morgan fingerprint density at radius 1 is 1.26 bits per heavy atom. The number of hydrogen-bond donors (Lipinski definition) is 3. The van der Waals surface area contributed by atoms with Gasteiger partial charge in [-0.15, -0.1) is 0 Å². The second kappa shape index (κ2) is 7.40. The monoisotopic (exact) mass is 514 g/mol. The largest absolute Gasteiger partial charge is 0.470 e. The zero-order valence-corrected chi connectivity index (χ0v) is 21.1. The first-order valence-corrected chi connectivity index (χ1v) is 13.5. The predicted molar refractivity (Wildman–Crippen MR) is 120 cm³/mol. The number of alkyl halides is 1. The summed E-state index contributed by atoms with van der Waals surface area (Å²) >= 11 is 0. The topological polar surface area (TPSA) is 140 Å². The highest BCUT2D eigenvalue weighted by Crippen LogP contribution is 2.72. The molecule has 0 spiro atoms. The summed E-state index contributed by atoms with van der Waals surface area (Å²) in [5, 5.41) is 11.5. The zero-order valence-electron chi connectivity index (χ0n) is 20.2. The van der Waals surface area contributed by atoms with Gasteiger partial charge < -0.3 is 24.4 Å². The summed E-state index contributed by atoms with van der Waals surface area (Å²) in [6.45, 7) is 5.86. The van der Waals surface area contributed by atoms with E-state index in [4.69, 9.17) is 9.47 Å². The lowest BCUT2D eigenvalue weighted by atomic mass is 9.44. The molecule has 0 aromatic carbocycles. The fourth-order valence-electron chi connectivity index (χ4n) is 8.06. The minimum absolute atomic E-state index is 0.132. The van der Waals surface area contributed by atoms with Crippen molar-refractivity contribution >= 4 is 19.4 Å². The van der Waals surface area contributed by atoms with Crippen molar-refractivity contribution in [1.82, 2.24) is 0 Å². The summed E-state index contributed by atoms with van der Waals surface area (Å²) in [6, 6.07) is 0. The van der Waals surface area contributed by atoms with Crippen LogP contribution in [0, 0.1) is 22.7 Å². The van der Waals surface area contributed by atoms with Crippen LogP contribution < -0.4 is 0 Å². The molecule has 3 N–H and O–H groups in total. The Morgan fingerprint density at radius 2 is 1.94 bits per heavy atom. The number of carbonyl (C=O) groups excluding carboxylic acids is 2. The fourth-order valence-corrected chi connectivity index (χ4v) is 8.34. The molecule has 4 aliphatic carbocycles. The normalized spacial score (nSPS) is 48.0. The SMILES string of the molecule is CC1(C)O[C@@H]2C[C@H]3C4CCC5=CC(=O)C=CC5(C)[C@@]4(F)[C@@H](O)CC3(C)[C@]2(C(=O)COP(=O)(O)O)O1. The molecule has 194 valence electrons. The highest BCUT2D eigenvalue weighted by atomic mass is 31.2. The molecule has 3 unspecified atom stereocenters. The lowest BCUT2D eigenvalue weighted by Gasteiger charge is -2.62. The second-order valence-corrected chi connectivity index (χ2v) is 12.8. The molecule has 0 radical (unpaired) electrons. The molecule has 1 heterocycles. The highest BCUT2D eigenvalue weighted by molar-refractivity contribution is 7.46. The Balaban J connectivity index is 1.59. The quantitative estimate of drug-likeness (QED) is 0.483. The van der Waals surface area contributed by atoms with E-state index in [2.05, 4.69) is 4.52 Å². The van der Waals surface area contributed by atoms with Crippen LogP contribution in [-0.4, -0.2) is 62.3 Å². The molecule has 0 aromatic heterocycles. The van der Waals surface area contributed by atoms with E-state index in [0.717, 1.165) is 0 Å². The van der Waals surface area contributed by atoms with Gasteiger partial charge in [0.25, 0.3) is 0 Å². The molecule has 35 heavy (non-hydrogen) atoms. The average Bonchev–Trinajstić information content (AvgIpc) is 3.14. The molecule has 5 rings (SSSR count). The van der Waals surface area contributed by atoms with Gasteiger partial charge in [0.1, 0.15) is 6.61 Å². The molecule has 4 fully saturated rings. The number of rotatable bonds is 4. The summed E-state index contributed by atoms with van der Waals surface area (Å²) in [4.78, 5) is 44.0. The van der Waals surface area contributed by atoms with E-state index in [9.17, 15) is 29.0 Å². The third-order valence-electron chi connectivity index (χ3n) is 9.41. The Bertz CT molecular complexity index is 1100. The molecular weight excluding hydrogens is 482 g/mol. The van der Waals surface area contributed by atoms with Crippen molar-refractivity contribution in [3.63, 3.8) is 0 Å². The molecule has 1 saturated heterocycles. The third kappa shape index (κ3) is 3.24. The van der Waals surface area contributed by atoms with Crippen LogP contribution in [0.3, 0.4) is 0 Å². The van der Waals surface area contributed by atoms with E-state index in [-0.39, 0.29) is 18.6 Å². The van der Waals surface area contributed by atoms with Crippen molar-refractivity contribution in [2.45, 2.75) is 82.6 Å². The molecule has 0 bridgehead atoms. The van der Waals surface area contributed by atoms with Crippen LogP contribution in [0.2, 0.25) is 0 Å². The van der Waals surface area contributed by atoms with Crippen LogP contribution in [0.5, 0.6) is 0 Å². The molecule has 9 nitrogen and oxygen atoms in total. The number of ether oxygens (including phenoxy) is 2. The summed E-state index contributed by atoms with van der Waals surface area (Å²) in [5.74, 6) is -3.17. The summed E-state index contributed by atoms with van der Waals surface area (Å²) in [5.41, 5.74) is -5.37. The first kappa shape index (κ1) is 25.4. The van der Waals surface area contributed by atoms with Crippen molar-refractivity contribution < 1.29 is 47.4 Å². The van der Waals surface area contributed by atoms with Crippen LogP contribution >= 0.6 is 7.82 Å². The maximum absolute atomic E-state index is 17.3. The Kier molecular flexibility index (Phi) is 5.37. The maximum atomic E-state index is 17.3. The number of Topliss-reactive ketones (excluding diaryl/α,β-unsaturated/α-hetero) is 1. The second-order valence-electron chi connectivity index (χ2n) is 11.5. The van der Waals surface area contributed by atoms with Crippen molar-refractivity contribution in [2.75, 3.05) is 6.61 Å². The summed E-state index contributed by atoms with van der Waals surface area (Å²) in [7, 11) is -4.94. The minimum Gasteiger partial charge on any atom is -0.390 e. The first-order chi connectivity index (χ1) is 16.0. The first-order valence-electron chi connectivity index (χ1n) is 11.9. The average molecular weight is 514 g/mol. The summed E-state index contributed by atoms with van der Waals surface area (Å²) in [6.07, 6.45) is 3.06. The van der Waals surface area contributed by atoms with Crippen molar-refractivity contribution in [3.8, 4) is 0 Å². The van der Waals surface area contributed by atoms with Gasteiger partial charge in [-0.1, -0.05) is 18.6 Å². The number of phosphoric ester groups is 1. The number of carbonyl (C=O) groups is 2. The van der Waals surface area contributed by atoms with Gasteiger partial charge in [0.05, 0.1) is 12.2 Å². The maximum Gasteiger partial charge on any atom is 0.470 e. The van der Waals surface area contributed by atoms with Gasteiger partial charge in [-0.3, -0.25) is 14.1 Å². The van der Waals surface area contributed by atoms with Gasteiger partial charge in [-0.05, 0) is 64.5 Å². The number of ketones is 2. The lowest BCUT2D eigenvalue weighted by molar-refractivity contribution is -0.246. The molecule has 0 aromatic rings. The van der Waals surface area contributed by atoms with Crippen molar-refractivity contribution in [3.05, 3.63) is 23.8 Å². The van der Waals surface area contributed by atoms with Gasteiger partial charge in [0, 0.05) is 16.7 Å². The van der Waals surface area contributed by atoms with Gasteiger partial charge in [0.2, 0.25) is 0 Å². The molecule has 11 heteroatoms. The fraction of sp³-hybridized carbons (Fsp3) is 0.750. The predicted octanol–water partition coefficient (Wildman–Crippen LogP) is 2.54. The van der Waals surface area contributed by atoms with Gasteiger partial charge in [-0.25, -0.2) is 8.96 Å². The van der Waals surface area contributed by atoms with Gasteiger partial charge in [-0.2, -0.15) is 0 Å². The smallest absolute Gasteiger partial charge is 0.390 e. The molecular formula is C24H32FO9P. The number of aliphatic hydroxyl groups excluding tert-OH is 1. The Morgan fingerprint density at radius 3 is 2.60 bits per heavy atom. The number of hydrogen-bond acceptors (Lipinski definition) is 7. The zero-order chi connectivity index (χ0) is 25.8. The molecule has 0 amide bonds. The van der Waals surface area contributed by atoms with Crippen LogP contribution in [0.4, 0.5) is 4.39 Å². The van der Waals surface area contributed by atoms with E-state index >= 15 is 4.39 Å². The van der Waals surface area contributed by atoms with E-state index in [1.807, 2.05) is 0 Å². The number of allylic oxidation sites excluding steroid dienone is 4. The standard InChI is InChI=1S/C24H32FO9P/c1-20(2)33-19-10-16-15-6-5-13-9-14(26)7-8-21(13,3)23(15,25)17(27)11-22(16,4)24(19,34-20)18(28)12-32-35(29,30)31/h7-9,15-17,19,27H,5-6,10-12H2,1-4H3,(H2,29,30,31)/t15?,16-,17-,19+,21?,22?,23-,24+/m0/s1. The Hall–Kier alpha value is -1.26. The van der Waals surface area contributed by atoms with E-state index in [1.54, 1.807) is 33.8 Å². The molecule has 1 aliphatic heterocycles. The van der Waals surface area contributed by atoms with E-state index in [0.29, 0.717) is 18.4 Å². The molecule has 5 aliphatic rings. The van der Waals surface area contributed by atoms with Crippen LogP contribution in [-0.2, 0) is 28.2 Å². The van der Waals surface area contributed by atoms with Crippen molar-refractivity contribution in [1.29, 1.82) is 0 Å². The van der Waals surface area contributed by atoms with Gasteiger partial charge in [0.15, 0.2) is 28.6 Å². The number of fused-ring (bicyclic) bond motifs is 7. The highest BCUT2D eigenvalue weighted by Gasteiger charge is 2.80. The van der Waals surface area contributed by atoms with E-state index in [1.165, 1.54) is 12.2 Å². The van der Waals surface area contributed by atoms with Crippen LogP contribution in [0.1, 0.15) is 53.4 Å². The van der Waals surface area contributed by atoms with Crippen LogP contribution in [0.25, 0.3) is 0 Å². The summed E-state index contributed by atoms with van der Waals surface area (Å²) < 4.78 is 45.5. The minimum atomic E-state index is -4.94. The number of halogens is 1.